The standard InChI is InChI=1S/C18H16FN3O3S2/c1-11(25-13-8-6-12(19)7-9-13)17(24)22-21-16(23)10-26-18-20-14-4-2-3-5-15(14)27-18/h2-9,11H,10H2,1H3,(H,21,23)(H,22,24). The number of carbonyl (C=O) groups is 2. The van der Waals surface area contributed by atoms with Crippen molar-refractivity contribution in [2.75, 3.05) is 5.75 Å². The minimum absolute atomic E-state index is 0.118. The van der Waals surface area contributed by atoms with Crippen molar-refractivity contribution in [3.05, 3.63) is 54.3 Å². The lowest BCUT2D eigenvalue weighted by atomic mass is 10.3. The Bertz CT molecular complexity index is 913. The molecule has 1 atom stereocenters. The quantitative estimate of drug-likeness (QED) is 0.487. The minimum Gasteiger partial charge on any atom is -0.481 e. The first-order valence-electron chi connectivity index (χ1n) is 8.00. The van der Waals surface area contributed by atoms with Crippen LogP contribution >= 0.6 is 23.1 Å². The molecule has 2 amide bonds. The zero-order valence-corrected chi connectivity index (χ0v) is 15.9. The van der Waals surface area contributed by atoms with Crippen LogP contribution < -0.4 is 15.6 Å². The molecule has 0 fully saturated rings. The molecule has 1 unspecified atom stereocenters. The second kappa shape index (κ2) is 8.83. The molecule has 0 spiro atoms. The number of rotatable bonds is 6. The highest BCUT2D eigenvalue weighted by Crippen LogP contribution is 2.28. The number of amides is 2. The van der Waals surface area contributed by atoms with E-state index < -0.39 is 17.8 Å². The number of para-hydroxylation sites is 1. The average Bonchev–Trinajstić information content (AvgIpc) is 3.09. The number of fused-ring (bicyclic) bond motifs is 1. The Kier molecular flexibility index (Phi) is 6.25. The third-order valence-corrected chi connectivity index (χ3v) is 5.60. The summed E-state index contributed by atoms with van der Waals surface area (Å²) in [5.41, 5.74) is 5.54. The van der Waals surface area contributed by atoms with Gasteiger partial charge in [-0.1, -0.05) is 23.9 Å². The van der Waals surface area contributed by atoms with Gasteiger partial charge in [0, 0.05) is 0 Å². The summed E-state index contributed by atoms with van der Waals surface area (Å²) in [7, 11) is 0. The summed E-state index contributed by atoms with van der Waals surface area (Å²) in [6, 6.07) is 13.1. The van der Waals surface area contributed by atoms with Crippen molar-refractivity contribution in [3.63, 3.8) is 0 Å². The molecule has 0 saturated heterocycles. The molecule has 3 aromatic rings. The minimum atomic E-state index is -0.854. The van der Waals surface area contributed by atoms with Gasteiger partial charge in [0.15, 0.2) is 10.4 Å². The Hall–Kier alpha value is -2.65. The van der Waals surface area contributed by atoms with E-state index in [0.29, 0.717) is 5.75 Å². The molecule has 0 aliphatic carbocycles. The Morgan fingerprint density at radius 1 is 1.19 bits per heavy atom. The second-order valence-electron chi connectivity index (χ2n) is 5.49. The smallest absolute Gasteiger partial charge is 0.279 e. The molecule has 1 heterocycles. The fourth-order valence-corrected chi connectivity index (χ4v) is 3.95. The molecule has 1 aromatic heterocycles. The second-order valence-corrected chi connectivity index (χ2v) is 7.74. The lowest BCUT2D eigenvalue weighted by Crippen LogP contribution is -2.47. The fourth-order valence-electron chi connectivity index (χ4n) is 2.08. The predicted molar refractivity (Wildman–Crippen MR) is 103 cm³/mol. The first-order chi connectivity index (χ1) is 13.0. The van der Waals surface area contributed by atoms with Gasteiger partial charge in [-0.2, -0.15) is 0 Å². The van der Waals surface area contributed by atoms with E-state index in [1.54, 1.807) is 0 Å². The van der Waals surface area contributed by atoms with Crippen LogP contribution in [0.2, 0.25) is 0 Å². The van der Waals surface area contributed by atoms with Gasteiger partial charge in [0.1, 0.15) is 11.6 Å². The van der Waals surface area contributed by atoms with E-state index in [4.69, 9.17) is 4.74 Å². The van der Waals surface area contributed by atoms with Crippen LogP contribution in [0.1, 0.15) is 6.92 Å². The van der Waals surface area contributed by atoms with E-state index in [9.17, 15) is 14.0 Å². The first kappa shape index (κ1) is 19.1. The van der Waals surface area contributed by atoms with Gasteiger partial charge in [-0.25, -0.2) is 9.37 Å². The number of hydrogen-bond acceptors (Lipinski definition) is 6. The zero-order chi connectivity index (χ0) is 19.2. The number of hydrazine groups is 1. The summed E-state index contributed by atoms with van der Waals surface area (Å²) in [6.45, 7) is 1.53. The number of hydrogen-bond donors (Lipinski definition) is 2. The third-order valence-electron chi connectivity index (χ3n) is 3.42. The van der Waals surface area contributed by atoms with Crippen LogP contribution in [0.5, 0.6) is 5.75 Å². The average molecular weight is 405 g/mol. The molecule has 0 bridgehead atoms. The summed E-state index contributed by atoms with van der Waals surface area (Å²) in [5, 5.41) is 0. The lowest BCUT2D eigenvalue weighted by molar-refractivity contribution is -0.131. The maximum Gasteiger partial charge on any atom is 0.279 e. The Morgan fingerprint density at radius 3 is 2.67 bits per heavy atom. The van der Waals surface area contributed by atoms with Crippen molar-refractivity contribution < 1.29 is 18.7 Å². The van der Waals surface area contributed by atoms with Crippen LogP contribution in [0.25, 0.3) is 10.2 Å². The van der Waals surface area contributed by atoms with Crippen LogP contribution in [-0.4, -0.2) is 28.7 Å². The van der Waals surface area contributed by atoms with Gasteiger partial charge in [0.05, 0.1) is 16.0 Å². The van der Waals surface area contributed by atoms with Crippen molar-refractivity contribution in [2.45, 2.75) is 17.4 Å². The predicted octanol–water partition coefficient (Wildman–Crippen LogP) is 3.14. The van der Waals surface area contributed by atoms with E-state index in [0.717, 1.165) is 14.6 Å². The summed E-state index contributed by atoms with van der Waals surface area (Å²) in [5.74, 6) is -0.791. The number of halogens is 1. The number of aromatic nitrogens is 1. The molecule has 0 aliphatic rings. The van der Waals surface area contributed by atoms with Gasteiger partial charge in [0.25, 0.3) is 5.91 Å². The molecule has 6 nitrogen and oxygen atoms in total. The molecule has 140 valence electrons. The Morgan fingerprint density at radius 2 is 1.93 bits per heavy atom. The van der Waals surface area contributed by atoms with Crippen LogP contribution in [0.15, 0.2) is 52.9 Å². The highest BCUT2D eigenvalue weighted by molar-refractivity contribution is 8.01. The van der Waals surface area contributed by atoms with Crippen LogP contribution in [0.4, 0.5) is 4.39 Å². The number of benzene rings is 2. The summed E-state index contributed by atoms with van der Waals surface area (Å²) in [4.78, 5) is 28.3. The number of nitrogens with zero attached hydrogens (tertiary/aromatic N) is 1. The lowest BCUT2D eigenvalue weighted by Gasteiger charge is -2.15. The van der Waals surface area contributed by atoms with E-state index in [2.05, 4.69) is 15.8 Å². The first-order valence-corrected chi connectivity index (χ1v) is 9.81. The Balaban J connectivity index is 1.42. The van der Waals surface area contributed by atoms with Crippen LogP contribution in [0.3, 0.4) is 0 Å². The normalized spacial score (nSPS) is 11.8. The summed E-state index contributed by atoms with van der Waals surface area (Å²) < 4.78 is 20.1. The summed E-state index contributed by atoms with van der Waals surface area (Å²) >= 11 is 2.80. The van der Waals surface area contributed by atoms with Crippen LogP contribution in [-0.2, 0) is 9.59 Å². The molecule has 9 heteroatoms. The molecule has 2 N–H and O–H groups in total. The largest absolute Gasteiger partial charge is 0.481 e. The highest BCUT2D eigenvalue weighted by Gasteiger charge is 2.16. The van der Waals surface area contributed by atoms with Gasteiger partial charge < -0.3 is 4.74 Å². The molecular formula is C18H16FN3O3S2. The molecule has 3 rings (SSSR count). The number of carbonyl (C=O) groups excluding carboxylic acids is 2. The van der Waals surface area contributed by atoms with Gasteiger partial charge >= 0.3 is 0 Å². The molecular weight excluding hydrogens is 389 g/mol. The van der Waals surface area contributed by atoms with Crippen molar-refractivity contribution in [3.8, 4) is 5.75 Å². The van der Waals surface area contributed by atoms with Crippen LogP contribution in [0, 0.1) is 5.82 Å². The maximum atomic E-state index is 12.9. The fraction of sp³-hybridized carbons (Fsp3) is 0.167. The molecule has 0 radical (unpaired) electrons. The molecule has 2 aromatic carbocycles. The topological polar surface area (TPSA) is 80.3 Å². The Labute approximate surface area is 163 Å². The van der Waals surface area contributed by atoms with E-state index >= 15 is 0 Å². The SMILES string of the molecule is CC(Oc1ccc(F)cc1)C(=O)NNC(=O)CSc1nc2ccccc2s1. The highest BCUT2D eigenvalue weighted by atomic mass is 32.2. The van der Waals surface area contributed by atoms with Gasteiger partial charge in [-0.15, -0.1) is 11.3 Å². The van der Waals surface area contributed by atoms with Crippen molar-refractivity contribution in [1.29, 1.82) is 0 Å². The molecule has 27 heavy (non-hydrogen) atoms. The van der Waals surface area contributed by atoms with Gasteiger partial charge in [-0.3, -0.25) is 20.4 Å². The maximum absolute atomic E-state index is 12.9. The van der Waals surface area contributed by atoms with Gasteiger partial charge in [-0.05, 0) is 43.3 Å². The monoisotopic (exact) mass is 405 g/mol. The van der Waals surface area contributed by atoms with E-state index in [1.165, 1.54) is 54.3 Å². The van der Waals surface area contributed by atoms with E-state index in [1.807, 2.05) is 24.3 Å². The van der Waals surface area contributed by atoms with Crippen molar-refractivity contribution >= 4 is 45.1 Å². The van der Waals surface area contributed by atoms with E-state index in [-0.39, 0.29) is 11.7 Å². The zero-order valence-electron chi connectivity index (χ0n) is 14.3. The third kappa shape index (κ3) is 5.41. The number of thiazole rings is 1. The number of nitrogens with one attached hydrogen (secondary N) is 2. The van der Waals surface area contributed by atoms with Crippen molar-refractivity contribution in [2.24, 2.45) is 0 Å². The molecule has 0 saturated carbocycles. The molecule has 0 aliphatic heterocycles. The van der Waals surface area contributed by atoms with Crippen molar-refractivity contribution in [1.82, 2.24) is 15.8 Å². The number of thioether (sulfide) groups is 1. The summed E-state index contributed by atoms with van der Waals surface area (Å²) in [6.07, 6.45) is -0.854. The number of ether oxygens (including phenoxy) is 1. The van der Waals surface area contributed by atoms with Gasteiger partial charge in [0.2, 0.25) is 5.91 Å².